The minimum absolute atomic E-state index is 0.0190. The summed E-state index contributed by atoms with van der Waals surface area (Å²) in [6.45, 7) is 4.05. The first-order valence-corrected chi connectivity index (χ1v) is 28.9. The SMILES string of the molecule is C/C=C/CC/C=C/CC/C=C/C(O)C(COC1OC(CO)C(O)C(O)C1O)NC(=O)CCCCCCC/C=C\CCCCCCCCCOC(=O)CCCCCCCCCCCCCCCCCCC. The number of carbonyl (C=O) groups excluding carboxylic acids is 2. The number of unbranched alkanes of at least 4 members (excludes halogenated alkanes) is 30. The lowest BCUT2D eigenvalue weighted by Gasteiger charge is -2.40. The Labute approximate surface area is 427 Å². The molecule has 1 fully saturated rings. The number of hydrogen-bond donors (Lipinski definition) is 6. The molecule has 0 bridgehead atoms. The van der Waals surface area contributed by atoms with Crippen molar-refractivity contribution < 1.29 is 49.3 Å². The van der Waals surface area contributed by atoms with Crippen LogP contribution in [0.1, 0.15) is 251 Å². The van der Waals surface area contributed by atoms with E-state index in [0.29, 0.717) is 25.9 Å². The van der Waals surface area contributed by atoms with E-state index in [1.54, 1.807) is 6.08 Å². The molecule has 1 heterocycles. The van der Waals surface area contributed by atoms with Crippen molar-refractivity contribution in [1.29, 1.82) is 0 Å². The fourth-order valence-electron chi connectivity index (χ4n) is 8.88. The van der Waals surface area contributed by atoms with Crippen molar-refractivity contribution in [3.8, 4) is 0 Å². The molecule has 0 aliphatic carbocycles. The Morgan fingerprint density at radius 1 is 0.543 bits per heavy atom. The molecule has 0 spiro atoms. The molecule has 1 aliphatic rings. The van der Waals surface area contributed by atoms with Crippen molar-refractivity contribution in [2.45, 2.75) is 294 Å². The molecule has 0 saturated carbocycles. The minimum Gasteiger partial charge on any atom is -0.466 e. The lowest BCUT2D eigenvalue weighted by molar-refractivity contribution is -0.302. The minimum atomic E-state index is -1.59. The number of nitrogens with one attached hydrogen (secondary N) is 1. The van der Waals surface area contributed by atoms with Gasteiger partial charge in [0.05, 0.1) is 32.0 Å². The van der Waals surface area contributed by atoms with Crippen LogP contribution in [-0.4, -0.2) is 100 Å². The summed E-state index contributed by atoms with van der Waals surface area (Å²) in [7, 11) is 0. The van der Waals surface area contributed by atoms with E-state index in [9.17, 15) is 35.1 Å². The zero-order valence-corrected chi connectivity index (χ0v) is 44.7. The molecular weight excluding hydrogens is 883 g/mol. The van der Waals surface area contributed by atoms with Gasteiger partial charge >= 0.3 is 5.97 Å². The molecule has 11 heteroatoms. The molecule has 6 N–H and O–H groups in total. The van der Waals surface area contributed by atoms with Crippen LogP contribution in [0.4, 0.5) is 0 Å². The lowest BCUT2D eigenvalue weighted by Crippen LogP contribution is -2.60. The second-order valence-electron chi connectivity index (χ2n) is 20.0. The van der Waals surface area contributed by atoms with Gasteiger partial charge in [0.25, 0.3) is 0 Å². The normalized spacial score (nSPS) is 19.6. The number of rotatable bonds is 49. The summed E-state index contributed by atoms with van der Waals surface area (Å²) in [5.74, 6) is -0.236. The number of ether oxygens (including phenoxy) is 3. The van der Waals surface area contributed by atoms with Crippen molar-refractivity contribution in [3.63, 3.8) is 0 Å². The highest BCUT2D eigenvalue weighted by Gasteiger charge is 2.44. The summed E-state index contributed by atoms with van der Waals surface area (Å²) < 4.78 is 16.6. The van der Waals surface area contributed by atoms with E-state index >= 15 is 0 Å². The van der Waals surface area contributed by atoms with Gasteiger partial charge < -0.3 is 45.1 Å². The fraction of sp³-hybridized carbons (Fsp3) is 0.831. The first-order valence-electron chi connectivity index (χ1n) is 28.9. The average molecular weight is 991 g/mol. The average Bonchev–Trinajstić information content (AvgIpc) is 3.36. The Kier molecular flexibility index (Phi) is 45.8. The van der Waals surface area contributed by atoms with Crippen molar-refractivity contribution in [2.24, 2.45) is 0 Å². The van der Waals surface area contributed by atoms with Crippen molar-refractivity contribution in [3.05, 3.63) is 48.6 Å². The van der Waals surface area contributed by atoms with Crippen LogP contribution in [0.2, 0.25) is 0 Å². The van der Waals surface area contributed by atoms with Crippen LogP contribution in [0.5, 0.6) is 0 Å². The molecule has 0 aromatic rings. The number of esters is 1. The fourth-order valence-corrected chi connectivity index (χ4v) is 8.88. The van der Waals surface area contributed by atoms with Gasteiger partial charge in [-0.15, -0.1) is 0 Å². The van der Waals surface area contributed by atoms with Crippen molar-refractivity contribution in [2.75, 3.05) is 19.8 Å². The highest BCUT2D eigenvalue weighted by Crippen LogP contribution is 2.23. The summed E-state index contributed by atoms with van der Waals surface area (Å²) in [6, 6.07) is -0.846. The summed E-state index contributed by atoms with van der Waals surface area (Å²) in [4.78, 5) is 25.1. The predicted octanol–water partition coefficient (Wildman–Crippen LogP) is 12.9. The number of hydrogen-bond acceptors (Lipinski definition) is 10. The van der Waals surface area contributed by atoms with Crippen LogP contribution in [0.3, 0.4) is 0 Å². The van der Waals surface area contributed by atoms with E-state index < -0.39 is 49.5 Å². The number of allylic oxidation sites excluding steroid dienone is 7. The first-order chi connectivity index (χ1) is 34.2. The largest absolute Gasteiger partial charge is 0.466 e. The maximum atomic E-state index is 13.0. The van der Waals surface area contributed by atoms with Crippen LogP contribution in [0.25, 0.3) is 0 Å². The monoisotopic (exact) mass is 990 g/mol. The number of carbonyl (C=O) groups is 2. The number of amides is 1. The summed E-state index contributed by atoms with van der Waals surface area (Å²) >= 11 is 0. The van der Waals surface area contributed by atoms with E-state index in [-0.39, 0.29) is 18.5 Å². The Hall–Kier alpha value is -2.38. The van der Waals surface area contributed by atoms with Crippen LogP contribution in [-0.2, 0) is 23.8 Å². The van der Waals surface area contributed by atoms with Crippen LogP contribution in [0.15, 0.2) is 48.6 Å². The Bertz CT molecular complexity index is 1300. The molecule has 7 atom stereocenters. The first kappa shape index (κ1) is 65.6. The summed E-state index contributed by atoms with van der Waals surface area (Å²) in [5, 5.41) is 54.1. The van der Waals surface area contributed by atoms with Gasteiger partial charge in [-0.25, -0.2) is 0 Å². The van der Waals surface area contributed by atoms with Gasteiger partial charge in [-0.3, -0.25) is 9.59 Å². The third-order valence-corrected chi connectivity index (χ3v) is 13.5. The molecule has 7 unspecified atom stereocenters. The van der Waals surface area contributed by atoms with Crippen molar-refractivity contribution >= 4 is 11.9 Å². The maximum absolute atomic E-state index is 13.0. The van der Waals surface area contributed by atoms with Gasteiger partial charge in [0.15, 0.2) is 6.29 Å². The van der Waals surface area contributed by atoms with E-state index in [0.717, 1.165) is 89.9 Å². The van der Waals surface area contributed by atoms with Gasteiger partial charge in [-0.2, -0.15) is 0 Å². The second kappa shape index (κ2) is 48.9. The third kappa shape index (κ3) is 38.3. The highest BCUT2D eigenvalue weighted by atomic mass is 16.7. The zero-order valence-electron chi connectivity index (χ0n) is 44.7. The number of aliphatic hydroxyl groups excluding tert-OH is 5. The lowest BCUT2D eigenvalue weighted by atomic mass is 9.99. The quantitative estimate of drug-likeness (QED) is 0.0196. The molecule has 0 aromatic heterocycles. The van der Waals surface area contributed by atoms with Gasteiger partial charge in [0.2, 0.25) is 5.91 Å². The van der Waals surface area contributed by atoms with Gasteiger partial charge in [0, 0.05) is 12.8 Å². The maximum Gasteiger partial charge on any atom is 0.305 e. The molecule has 0 aromatic carbocycles. The molecular formula is C59H107NO10. The van der Waals surface area contributed by atoms with Crippen molar-refractivity contribution in [1.82, 2.24) is 5.32 Å². The van der Waals surface area contributed by atoms with Gasteiger partial charge in [0.1, 0.15) is 24.4 Å². The summed E-state index contributed by atoms with van der Waals surface area (Å²) in [5.41, 5.74) is 0. The summed E-state index contributed by atoms with van der Waals surface area (Å²) in [6.07, 6.45) is 50.9. The van der Waals surface area contributed by atoms with Crippen LogP contribution >= 0.6 is 0 Å². The molecule has 1 rings (SSSR count). The zero-order chi connectivity index (χ0) is 51.0. The second-order valence-corrected chi connectivity index (χ2v) is 20.0. The Balaban J connectivity index is 2.05. The molecule has 70 heavy (non-hydrogen) atoms. The smallest absolute Gasteiger partial charge is 0.305 e. The predicted molar refractivity (Wildman–Crippen MR) is 287 cm³/mol. The van der Waals surface area contributed by atoms with Gasteiger partial charge in [-0.1, -0.05) is 210 Å². The van der Waals surface area contributed by atoms with E-state index in [1.165, 1.54) is 128 Å². The Morgan fingerprint density at radius 3 is 1.50 bits per heavy atom. The molecule has 1 aliphatic heterocycles. The molecule has 11 nitrogen and oxygen atoms in total. The van der Waals surface area contributed by atoms with Crippen LogP contribution in [0, 0.1) is 0 Å². The third-order valence-electron chi connectivity index (χ3n) is 13.5. The number of aliphatic hydroxyl groups is 5. The van der Waals surface area contributed by atoms with E-state index in [4.69, 9.17) is 14.2 Å². The highest BCUT2D eigenvalue weighted by molar-refractivity contribution is 5.76. The molecule has 1 saturated heterocycles. The molecule has 408 valence electrons. The van der Waals surface area contributed by atoms with Gasteiger partial charge in [-0.05, 0) is 77.6 Å². The van der Waals surface area contributed by atoms with E-state index in [1.807, 2.05) is 19.1 Å². The van der Waals surface area contributed by atoms with E-state index in [2.05, 4.69) is 42.6 Å². The molecule has 1 amide bonds. The topological polar surface area (TPSA) is 175 Å². The molecule has 0 radical (unpaired) electrons. The standard InChI is InChI=1S/C59H107NO10/c1-3-5-7-9-11-13-14-15-16-17-21-24-27-31-35-39-43-47-55(64)68-48-44-40-36-32-28-25-22-19-18-20-23-26-30-34-38-42-46-54(63)60-51(52(62)45-41-37-33-29-12-10-8-6-4-2)50-69-59-58(67)57(66)56(65)53(49-61)70-59/h4,6,12,18,20,29,41,45,51-53,56-59,61-62,65-67H,3,5,7-11,13-17,19,21-28,30-40,42-44,46-50H2,1-2H3,(H,60,63)/b6-4+,20-18-,29-12+,45-41+. The Morgan fingerprint density at radius 2 is 0.986 bits per heavy atom. The van der Waals surface area contributed by atoms with Crippen LogP contribution < -0.4 is 5.32 Å².